The van der Waals surface area contributed by atoms with E-state index >= 15 is 0 Å². The maximum atomic E-state index is 13.5. The monoisotopic (exact) mass is 658 g/mol. The maximum absolute atomic E-state index is 13.5. The number of alkyl halides is 23. The third kappa shape index (κ3) is 5.57. The van der Waals surface area contributed by atoms with Crippen molar-refractivity contribution in [1.29, 1.82) is 0 Å². The Balaban J connectivity index is 6.05. The van der Waals surface area contributed by atoms with Gasteiger partial charge in [0.15, 0.2) is 13.2 Å². The van der Waals surface area contributed by atoms with E-state index in [0.29, 0.717) is 0 Å². The second kappa shape index (κ2) is 10.2. The SMILES string of the molecule is O=C(OCC(F)(F)C(F)(F)C(F)(F)F)OCC(F)(F)C(F)(F)C(F)(F)C(F)(F)C(F)(F)C(F)(F)C(F)(F)C(F)F. The molecule has 3 nitrogen and oxygen atoms in total. The summed E-state index contributed by atoms with van der Waals surface area (Å²) >= 11 is 0. The first-order valence-electron chi connectivity index (χ1n) is 8.59. The zero-order valence-electron chi connectivity index (χ0n) is 17.4. The molecule has 0 saturated carbocycles. The van der Waals surface area contributed by atoms with Gasteiger partial charge in [0.25, 0.3) is 0 Å². The number of hydrogen-bond acceptors (Lipinski definition) is 3. The quantitative estimate of drug-likeness (QED) is 0.160. The molecule has 0 amide bonds. The Bertz CT molecular complexity index is 903. The zero-order chi connectivity index (χ0) is 33.0. The lowest BCUT2D eigenvalue weighted by Crippen LogP contribution is -2.74. The van der Waals surface area contributed by atoms with Crippen LogP contribution in [-0.2, 0) is 9.47 Å². The molecule has 0 aromatic carbocycles. The maximum Gasteiger partial charge on any atom is 0.508 e. The third-order valence-electron chi connectivity index (χ3n) is 4.29. The summed E-state index contributed by atoms with van der Waals surface area (Å²) in [6, 6.07) is 0. The average molecular weight is 658 g/mol. The van der Waals surface area contributed by atoms with Crippen molar-refractivity contribution in [3.05, 3.63) is 0 Å². The van der Waals surface area contributed by atoms with Crippen LogP contribution in [0.2, 0.25) is 0 Å². The van der Waals surface area contributed by atoms with Gasteiger partial charge in [0.05, 0.1) is 0 Å². The summed E-state index contributed by atoms with van der Waals surface area (Å²) < 4.78 is 301. The highest BCUT2D eigenvalue weighted by atomic mass is 19.4. The number of carbonyl (C=O) groups is 1. The molecule has 0 aromatic heterocycles. The number of halogens is 23. The number of rotatable bonds is 12. The van der Waals surface area contributed by atoms with Crippen LogP contribution in [0.3, 0.4) is 0 Å². The third-order valence-corrected chi connectivity index (χ3v) is 4.29. The van der Waals surface area contributed by atoms with Crippen LogP contribution in [0, 0.1) is 0 Å². The minimum atomic E-state index is -8.81. The van der Waals surface area contributed by atoms with E-state index in [1.54, 1.807) is 0 Å². The summed E-state index contributed by atoms with van der Waals surface area (Å²) in [5.41, 5.74) is 0. The van der Waals surface area contributed by atoms with Crippen LogP contribution in [0.4, 0.5) is 106 Å². The van der Waals surface area contributed by atoms with E-state index in [4.69, 9.17) is 0 Å². The Morgan fingerprint density at radius 1 is 0.450 bits per heavy atom. The van der Waals surface area contributed by atoms with E-state index in [1.807, 2.05) is 0 Å². The second-order valence-corrected chi connectivity index (χ2v) is 7.10. The fraction of sp³-hybridized carbons (Fsp3) is 0.929. The average Bonchev–Trinajstić information content (AvgIpc) is 2.74. The molecular weight excluding hydrogens is 653 g/mol. The van der Waals surface area contributed by atoms with Crippen LogP contribution >= 0.6 is 0 Å². The lowest BCUT2D eigenvalue weighted by Gasteiger charge is -2.42. The second-order valence-electron chi connectivity index (χ2n) is 7.10. The van der Waals surface area contributed by atoms with Crippen molar-refractivity contribution in [3.63, 3.8) is 0 Å². The highest BCUT2D eigenvalue weighted by Gasteiger charge is 2.93. The molecule has 0 N–H and O–H groups in total. The molecule has 0 fully saturated rings. The van der Waals surface area contributed by atoms with E-state index in [1.165, 1.54) is 0 Å². The molecule has 0 rings (SSSR count). The molecule has 0 heterocycles. The van der Waals surface area contributed by atoms with Crippen molar-refractivity contribution in [1.82, 2.24) is 0 Å². The normalized spacial score (nSPS) is 15.9. The molecule has 0 atom stereocenters. The zero-order valence-corrected chi connectivity index (χ0v) is 17.4. The van der Waals surface area contributed by atoms with Crippen molar-refractivity contribution >= 4 is 6.16 Å². The van der Waals surface area contributed by atoms with Gasteiger partial charge in [-0.05, 0) is 0 Å². The lowest BCUT2D eigenvalue weighted by molar-refractivity contribution is -0.447. The van der Waals surface area contributed by atoms with Gasteiger partial charge in [-0.25, -0.2) is 13.6 Å². The first-order valence-corrected chi connectivity index (χ1v) is 8.59. The van der Waals surface area contributed by atoms with E-state index in [-0.39, 0.29) is 0 Å². The Morgan fingerprint density at radius 3 is 1.02 bits per heavy atom. The van der Waals surface area contributed by atoms with Crippen LogP contribution in [0.1, 0.15) is 0 Å². The molecule has 0 saturated heterocycles. The van der Waals surface area contributed by atoms with Crippen LogP contribution in [0.5, 0.6) is 0 Å². The molecule has 26 heteroatoms. The largest absolute Gasteiger partial charge is 0.508 e. The molecule has 0 aliphatic heterocycles. The van der Waals surface area contributed by atoms with Gasteiger partial charge in [0, 0.05) is 0 Å². The van der Waals surface area contributed by atoms with Gasteiger partial charge in [0.2, 0.25) is 0 Å². The van der Waals surface area contributed by atoms with Crippen LogP contribution in [-0.4, -0.2) is 85.3 Å². The van der Waals surface area contributed by atoms with Gasteiger partial charge < -0.3 is 9.47 Å². The summed E-state index contributed by atoms with van der Waals surface area (Å²) in [6.45, 7) is -7.44. The van der Waals surface area contributed by atoms with Crippen molar-refractivity contribution in [2.75, 3.05) is 13.2 Å². The Kier molecular flexibility index (Phi) is 9.59. The van der Waals surface area contributed by atoms with Crippen LogP contribution in [0.25, 0.3) is 0 Å². The van der Waals surface area contributed by atoms with Gasteiger partial charge in [-0.1, -0.05) is 0 Å². The molecular formula is C14H5F23O3. The molecule has 0 radical (unpaired) electrons. The van der Waals surface area contributed by atoms with E-state index < -0.39 is 85.3 Å². The van der Waals surface area contributed by atoms with E-state index in [0.717, 1.165) is 0 Å². The van der Waals surface area contributed by atoms with Crippen molar-refractivity contribution < 1.29 is 115 Å². The molecule has 240 valence electrons. The smallest absolute Gasteiger partial charge is 0.428 e. The van der Waals surface area contributed by atoms with E-state index in [9.17, 15) is 106 Å². The molecule has 0 aliphatic carbocycles. The molecule has 0 bridgehead atoms. The molecule has 0 unspecified atom stereocenters. The standard InChI is InChI=1S/C14H5F23O3/c15-3(16)7(21,22)10(27,28)12(31,32)13(33,34)11(29,30)8(23,24)5(17,18)1-39-4(38)40-2-6(19,20)9(25,26)14(35,36)37/h3H,1-2H2. The summed E-state index contributed by atoms with van der Waals surface area (Å²) in [5.74, 6) is -71.3. The first-order chi connectivity index (χ1) is 17.0. The summed E-state index contributed by atoms with van der Waals surface area (Å²) in [6.07, 6.45) is -16.6. The predicted octanol–water partition coefficient (Wildman–Crippen LogP) is 7.68. The summed E-state index contributed by atoms with van der Waals surface area (Å²) in [5, 5.41) is 0. The van der Waals surface area contributed by atoms with Crippen molar-refractivity contribution in [2.45, 2.75) is 65.9 Å². The molecule has 40 heavy (non-hydrogen) atoms. The summed E-state index contributed by atoms with van der Waals surface area (Å²) in [7, 11) is 0. The lowest BCUT2D eigenvalue weighted by atomic mass is 9.89. The van der Waals surface area contributed by atoms with Gasteiger partial charge in [0.1, 0.15) is 0 Å². The Labute approximate surface area is 202 Å². The number of ether oxygens (including phenoxy) is 2. The fourth-order valence-corrected chi connectivity index (χ4v) is 1.90. The number of carbonyl (C=O) groups excluding carboxylic acids is 1. The fourth-order valence-electron chi connectivity index (χ4n) is 1.90. The van der Waals surface area contributed by atoms with Crippen molar-refractivity contribution in [3.8, 4) is 0 Å². The highest BCUT2D eigenvalue weighted by Crippen LogP contribution is 2.62. The minimum Gasteiger partial charge on any atom is -0.428 e. The van der Waals surface area contributed by atoms with Crippen LogP contribution in [0.15, 0.2) is 0 Å². The Hall–Kier alpha value is -2.34. The number of hydrogen-bond donors (Lipinski definition) is 0. The van der Waals surface area contributed by atoms with E-state index in [2.05, 4.69) is 9.47 Å². The molecule has 0 aliphatic rings. The molecule has 0 aromatic rings. The Morgan fingerprint density at radius 2 is 0.725 bits per heavy atom. The summed E-state index contributed by atoms with van der Waals surface area (Å²) in [4.78, 5) is 10.8. The first kappa shape index (κ1) is 37.7. The van der Waals surface area contributed by atoms with Gasteiger partial charge in [-0.15, -0.1) is 0 Å². The van der Waals surface area contributed by atoms with Gasteiger partial charge in [-0.2, -0.15) is 92.2 Å². The van der Waals surface area contributed by atoms with Crippen LogP contribution < -0.4 is 0 Å². The van der Waals surface area contributed by atoms with Gasteiger partial charge in [-0.3, -0.25) is 0 Å². The highest BCUT2D eigenvalue weighted by molar-refractivity contribution is 5.60. The predicted molar refractivity (Wildman–Crippen MR) is 73.9 cm³/mol. The minimum absolute atomic E-state index is 2.65. The van der Waals surface area contributed by atoms with Gasteiger partial charge >= 0.3 is 72.1 Å². The molecule has 0 spiro atoms. The topological polar surface area (TPSA) is 35.5 Å². The van der Waals surface area contributed by atoms with Crippen molar-refractivity contribution in [2.24, 2.45) is 0 Å².